The Bertz CT molecular complexity index is 500. The fourth-order valence-electron chi connectivity index (χ4n) is 1.51. The third-order valence-corrected chi connectivity index (χ3v) is 3.27. The van der Waals surface area contributed by atoms with Gasteiger partial charge in [-0.05, 0) is 52.8 Å². The van der Waals surface area contributed by atoms with Crippen molar-refractivity contribution in [1.29, 1.82) is 0 Å². The molecular formula is C13H12F2IO4-. The smallest absolute Gasteiger partial charge is 0.338 e. The standard InChI is InChI=1S/C13H13F2IO4/c1-7(2)10(13(14,15)12(18)19)20-11(17)8-3-5-9(16)6-4-8/h3-7,10H,1-2H3,(H,18,19)/p-1. The number of rotatable bonds is 5. The minimum atomic E-state index is -4.24. The first kappa shape index (κ1) is 16.8. The molecule has 0 aliphatic carbocycles. The van der Waals surface area contributed by atoms with Crippen molar-refractivity contribution in [3.8, 4) is 0 Å². The van der Waals surface area contributed by atoms with E-state index >= 15 is 0 Å². The van der Waals surface area contributed by atoms with Gasteiger partial charge in [0.25, 0.3) is 0 Å². The number of carbonyl (C=O) groups excluding carboxylic acids is 2. The highest BCUT2D eigenvalue weighted by atomic mass is 127. The van der Waals surface area contributed by atoms with E-state index in [1.165, 1.54) is 26.0 Å². The van der Waals surface area contributed by atoms with Crippen molar-refractivity contribution in [2.75, 3.05) is 0 Å². The minimum Gasteiger partial charge on any atom is -0.544 e. The molecule has 0 saturated carbocycles. The molecule has 0 fully saturated rings. The zero-order valence-corrected chi connectivity index (χ0v) is 12.9. The second-order valence-corrected chi connectivity index (χ2v) is 5.73. The van der Waals surface area contributed by atoms with Crippen LogP contribution in [-0.4, -0.2) is 24.0 Å². The highest BCUT2D eigenvalue weighted by Crippen LogP contribution is 2.27. The largest absolute Gasteiger partial charge is 0.544 e. The van der Waals surface area contributed by atoms with E-state index in [2.05, 4.69) is 4.74 Å². The predicted molar refractivity (Wildman–Crippen MR) is 73.2 cm³/mol. The van der Waals surface area contributed by atoms with Crippen molar-refractivity contribution in [2.45, 2.75) is 25.9 Å². The number of aliphatic carboxylic acids is 1. The monoisotopic (exact) mass is 397 g/mol. The first-order valence-electron chi connectivity index (χ1n) is 5.72. The number of halogens is 3. The molecule has 0 spiro atoms. The van der Waals surface area contributed by atoms with Gasteiger partial charge in [0, 0.05) is 3.57 Å². The van der Waals surface area contributed by atoms with Gasteiger partial charge in [0.1, 0.15) is 5.97 Å². The number of carboxylic acid groups (broad SMARTS) is 1. The average molecular weight is 397 g/mol. The van der Waals surface area contributed by atoms with Gasteiger partial charge >= 0.3 is 11.9 Å². The van der Waals surface area contributed by atoms with Crippen LogP contribution in [0, 0.1) is 9.49 Å². The van der Waals surface area contributed by atoms with Crippen LogP contribution in [0.25, 0.3) is 0 Å². The Morgan fingerprint density at radius 2 is 1.75 bits per heavy atom. The lowest BCUT2D eigenvalue weighted by Crippen LogP contribution is -2.53. The Hall–Kier alpha value is -1.25. The molecule has 0 bridgehead atoms. The SMILES string of the molecule is CC(C)C(OC(=O)c1ccc(I)cc1)C(F)(F)C(=O)[O-]. The Kier molecular flexibility index (Phi) is 5.43. The van der Waals surface area contributed by atoms with Gasteiger partial charge in [-0.3, -0.25) is 0 Å². The molecule has 0 aromatic heterocycles. The zero-order chi connectivity index (χ0) is 15.5. The van der Waals surface area contributed by atoms with Gasteiger partial charge in [-0.1, -0.05) is 13.8 Å². The van der Waals surface area contributed by atoms with Crippen LogP contribution >= 0.6 is 22.6 Å². The van der Waals surface area contributed by atoms with E-state index in [1.807, 2.05) is 22.6 Å². The Balaban J connectivity index is 2.94. The van der Waals surface area contributed by atoms with Crippen molar-refractivity contribution in [2.24, 2.45) is 5.92 Å². The average Bonchev–Trinajstić information content (AvgIpc) is 2.35. The number of carbonyl (C=O) groups is 2. The summed E-state index contributed by atoms with van der Waals surface area (Å²) in [4.78, 5) is 22.2. The van der Waals surface area contributed by atoms with Crippen LogP contribution < -0.4 is 5.11 Å². The molecule has 1 unspecified atom stereocenters. The lowest BCUT2D eigenvalue weighted by Gasteiger charge is -2.30. The molecule has 0 amide bonds. The molecule has 1 atom stereocenters. The molecule has 1 aromatic carbocycles. The number of hydrogen-bond donors (Lipinski definition) is 0. The van der Waals surface area contributed by atoms with Crippen LogP contribution in [0.5, 0.6) is 0 Å². The topological polar surface area (TPSA) is 66.4 Å². The summed E-state index contributed by atoms with van der Waals surface area (Å²) in [6.45, 7) is 2.67. The van der Waals surface area contributed by atoms with E-state index in [0.717, 1.165) is 3.57 Å². The summed E-state index contributed by atoms with van der Waals surface area (Å²) in [7, 11) is 0. The molecule has 1 aromatic rings. The van der Waals surface area contributed by atoms with Gasteiger partial charge < -0.3 is 14.6 Å². The first-order chi connectivity index (χ1) is 9.16. The van der Waals surface area contributed by atoms with E-state index in [4.69, 9.17) is 0 Å². The number of ether oxygens (including phenoxy) is 1. The van der Waals surface area contributed by atoms with E-state index in [-0.39, 0.29) is 5.56 Å². The quantitative estimate of drug-likeness (QED) is 0.562. The maximum atomic E-state index is 13.5. The van der Waals surface area contributed by atoms with Crippen LogP contribution in [0.2, 0.25) is 0 Å². The fourth-order valence-corrected chi connectivity index (χ4v) is 1.87. The molecule has 1 rings (SSSR count). The predicted octanol–water partition coefficient (Wildman–Crippen LogP) is 1.86. The molecule has 7 heteroatoms. The van der Waals surface area contributed by atoms with Crippen molar-refractivity contribution in [3.63, 3.8) is 0 Å². The van der Waals surface area contributed by atoms with Crippen molar-refractivity contribution in [1.82, 2.24) is 0 Å². The summed E-state index contributed by atoms with van der Waals surface area (Å²) in [6.07, 6.45) is -2.08. The van der Waals surface area contributed by atoms with E-state index in [1.54, 1.807) is 12.1 Å². The highest BCUT2D eigenvalue weighted by molar-refractivity contribution is 14.1. The third-order valence-electron chi connectivity index (χ3n) is 2.55. The van der Waals surface area contributed by atoms with E-state index < -0.39 is 29.9 Å². The molecule has 0 heterocycles. The molecule has 20 heavy (non-hydrogen) atoms. The fraction of sp³-hybridized carbons (Fsp3) is 0.385. The van der Waals surface area contributed by atoms with Gasteiger partial charge in [0.05, 0.1) is 5.56 Å². The Morgan fingerprint density at radius 3 is 2.15 bits per heavy atom. The lowest BCUT2D eigenvalue weighted by atomic mass is 10.0. The first-order valence-corrected chi connectivity index (χ1v) is 6.80. The third kappa shape index (κ3) is 3.87. The summed E-state index contributed by atoms with van der Waals surface area (Å²) >= 11 is 2.02. The van der Waals surface area contributed by atoms with Gasteiger partial charge in [-0.25, -0.2) is 4.79 Å². The Morgan fingerprint density at radius 1 is 1.25 bits per heavy atom. The maximum absolute atomic E-state index is 13.5. The van der Waals surface area contributed by atoms with Crippen LogP contribution in [0.4, 0.5) is 8.78 Å². The molecule has 4 nitrogen and oxygen atoms in total. The molecule has 0 saturated heterocycles. The van der Waals surface area contributed by atoms with Gasteiger partial charge in [-0.2, -0.15) is 8.78 Å². The lowest BCUT2D eigenvalue weighted by molar-refractivity contribution is -0.337. The van der Waals surface area contributed by atoms with Crippen LogP contribution in [0.1, 0.15) is 24.2 Å². The second kappa shape index (κ2) is 6.47. The van der Waals surface area contributed by atoms with E-state index in [0.29, 0.717) is 0 Å². The maximum Gasteiger partial charge on any atom is 0.338 e. The second-order valence-electron chi connectivity index (χ2n) is 4.49. The number of carboxylic acids is 1. The van der Waals surface area contributed by atoms with Crippen LogP contribution in [-0.2, 0) is 9.53 Å². The molecular weight excluding hydrogens is 385 g/mol. The van der Waals surface area contributed by atoms with Crippen molar-refractivity contribution < 1.29 is 28.2 Å². The van der Waals surface area contributed by atoms with Crippen molar-refractivity contribution >= 4 is 34.5 Å². The molecule has 0 aliphatic rings. The number of benzene rings is 1. The number of alkyl halides is 2. The summed E-state index contributed by atoms with van der Waals surface area (Å²) in [5.74, 6) is -8.68. The van der Waals surface area contributed by atoms with Gasteiger partial charge in [0.15, 0.2) is 6.10 Å². The molecule has 0 radical (unpaired) electrons. The van der Waals surface area contributed by atoms with Crippen LogP contribution in [0.15, 0.2) is 24.3 Å². The Labute approximate surface area is 128 Å². The van der Waals surface area contributed by atoms with Crippen LogP contribution in [0.3, 0.4) is 0 Å². The van der Waals surface area contributed by atoms with Gasteiger partial charge in [0.2, 0.25) is 0 Å². The summed E-state index contributed by atoms with van der Waals surface area (Å²) in [5, 5.41) is 10.5. The number of hydrogen-bond acceptors (Lipinski definition) is 4. The summed E-state index contributed by atoms with van der Waals surface area (Å²) < 4.78 is 32.4. The van der Waals surface area contributed by atoms with Gasteiger partial charge in [-0.15, -0.1) is 0 Å². The minimum absolute atomic E-state index is 0.0743. The molecule has 0 N–H and O–H groups in total. The normalized spacial score (nSPS) is 13.1. The van der Waals surface area contributed by atoms with E-state index in [9.17, 15) is 23.5 Å². The molecule has 110 valence electrons. The summed E-state index contributed by atoms with van der Waals surface area (Å²) in [5.41, 5.74) is 0.0743. The molecule has 0 aliphatic heterocycles. The summed E-state index contributed by atoms with van der Waals surface area (Å²) in [6, 6.07) is 6.05. The number of esters is 1. The highest BCUT2D eigenvalue weighted by Gasteiger charge is 2.46. The zero-order valence-electron chi connectivity index (χ0n) is 10.7. The van der Waals surface area contributed by atoms with Crippen molar-refractivity contribution in [3.05, 3.63) is 33.4 Å².